The van der Waals surface area contributed by atoms with Crippen LogP contribution >= 0.6 is 0 Å². The molecule has 29 heavy (non-hydrogen) atoms. The molecule has 0 saturated carbocycles. The van der Waals surface area contributed by atoms with Crippen LogP contribution in [0.5, 0.6) is 5.75 Å². The Hall–Kier alpha value is -3.07. The Morgan fingerprint density at radius 3 is 2.38 bits per heavy atom. The standard InChI is InChI=1S/C20H24N2O6S/c1-5-18(19(23)21-15-9-6-8-14(12-15)20(24)28-3)22(29(4,25)26)16-10-7-11-17(13-16)27-2/h6-13,18H,5H2,1-4H3,(H,21,23). The number of anilines is 2. The molecule has 1 amide bonds. The van der Waals surface area contributed by atoms with Crippen molar-refractivity contribution in [2.24, 2.45) is 0 Å². The fraction of sp³-hybridized carbons (Fsp3) is 0.300. The SMILES string of the molecule is CCC(C(=O)Nc1cccc(C(=O)OC)c1)N(c1cccc(OC)c1)S(C)(=O)=O. The number of hydrogen-bond acceptors (Lipinski definition) is 6. The van der Waals surface area contributed by atoms with Gasteiger partial charge in [0.05, 0.1) is 31.7 Å². The van der Waals surface area contributed by atoms with E-state index in [-0.39, 0.29) is 12.0 Å². The molecule has 0 aliphatic heterocycles. The van der Waals surface area contributed by atoms with Gasteiger partial charge in [0.2, 0.25) is 15.9 Å². The van der Waals surface area contributed by atoms with Gasteiger partial charge < -0.3 is 14.8 Å². The summed E-state index contributed by atoms with van der Waals surface area (Å²) in [5, 5.41) is 2.68. The number of rotatable bonds is 8. The van der Waals surface area contributed by atoms with Gasteiger partial charge in [0.25, 0.3) is 0 Å². The minimum absolute atomic E-state index is 0.229. The van der Waals surface area contributed by atoms with Crippen LogP contribution in [0.4, 0.5) is 11.4 Å². The average molecular weight is 420 g/mol. The van der Waals surface area contributed by atoms with Gasteiger partial charge in [-0.2, -0.15) is 0 Å². The molecule has 0 heterocycles. The van der Waals surface area contributed by atoms with E-state index in [1.807, 2.05) is 0 Å². The normalized spacial score (nSPS) is 12.0. The number of amides is 1. The van der Waals surface area contributed by atoms with E-state index in [1.165, 1.54) is 20.3 Å². The molecule has 8 nitrogen and oxygen atoms in total. The van der Waals surface area contributed by atoms with Crippen LogP contribution in [-0.4, -0.2) is 46.8 Å². The van der Waals surface area contributed by atoms with Gasteiger partial charge in [0, 0.05) is 11.8 Å². The number of carbonyl (C=O) groups is 2. The summed E-state index contributed by atoms with van der Waals surface area (Å²) in [6.07, 6.45) is 1.27. The molecule has 0 aliphatic rings. The zero-order chi connectivity index (χ0) is 21.6. The Morgan fingerprint density at radius 2 is 1.79 bits per heavy atom. The molecule has 1 atom stereocenters. The van der Waals surface area contributed by atoms with E-state index in [0.29, 0.717) is 17.1 Å². The molecule has 0 saturated heterocycles. The number of hydrogen-bond donors (Lipinski definition) is 1. The smallest absolute Gasteiger partial charge is 0.337 e. The minimum Gasteiger partial charge on any atom is -0.497 e. The van der Waals surface area contributed by atoms with Crippen molar-refractivity contribution in [1.29, 1.82) is 0 Å². The number of methoxy groups -OCH3 is 2. The largest absolute Gasteiger partial charge is 0.497 e. The molecule has 1 unspecified atom stereocenters. The van der Waals surface area contributed by atoms with Gasteiger partial charge in [-0.25, -0.2) is 13.2 Å². The predicted molar refractivity (Wildman–Crippen MR) is 111 cm³/mol. The molecule has 2 aromatic carbocycles. The maximum atomic E-state index is 12.9. The highest BCUT2D eigenvalue weighted by Gasteiger charge is 2.31. The summed E-state index contributed by atoms with van der Waals surface area (Å²) in [5.41, 5.74) is 0.943. The first-order valence-electron chi connectivity index (χ1n) is 8.84. The molecule has 1 N–H and O–H groups in total. The molecule has 0 aromatic heterocycles. The Balaban J connectivity index is 2.37. The highest BCUT2D eigenvalue weighted by atomic mass is 32.2. The van der Waals surface area contributed by atoms with Crippen LogP contribution in [0.2, 0.25) is 0 Å². The fourth-order valence-corrected chi connectivity index (χ4v) is 4.08. The van der Waals surface area contributed by atoms with Gasteiger partial charge in [-0.3, -0.25) is 9.10 Å². The first-order chi connectivity index (χ1) is 13.7. The van der Waals surface area contributed by atoms with Gasteiger partial charge in [-0.05, 0) is 36.8 Å². The highest BCUT2D eigenvalue weighted by Crippen LogP contribution is 2.27. The Kier molecular flexibility index (Phi) is 7.22. The molecule has 0 spiro atoms. The lowest BCUT2D eigenvalue weighted by Crippen LogP contribution is -2.47. The topological polar surface area (TPSA) is 102 Å². The Morgan fingerprint density at radius 1 is 1.10 bits per heavy atom. The molecular weight excluding hydrogens is 396 g/mol. The summed E-state index contributed by atoms with van der Waals surface area (Å²) in [6, 6.07) is 11.7. The summed E-state index contributed by atoms with van der Waals surface area (Å²) in [5.74, 6) is -0.595. The third-order valence-electron chi connectivity index (χ3n) is 4.19. The minimum atomic E-state index is -3.77. The number of esters is 1. The van der Waals surface area contributed by atoms with Crippen molar-refractivity contribution < 1.29 is 27.5 Å². The van der Waals surface area contributed by atoms with Crippen molar-refractivity contribution in [2.75, 3.05) is 30.1 Å². The Bertz CT molecular complexity index is 990. The van der Waals surface area contributed by atoms with E-state index in [2.05, 4.69) is 10.1 Å². The molecule has 0 fully saturated rings. The second-order valence-electron chi connectivity index (χ2n) is 6.25. The predicted octanol–water partition coefficient (Wildman–Crippen LogP) is 2.67. The molecule has 0 radical (unpaired) electrons. The van der Waals surface area contributed by atoms with E-state index in [0.717, 1.165) is 10.6 Å². The molecule has 2 rings (SSSR count). The second-order valence-corrected chi connectivity index (χ2v) is 8.11. The van der Waals surface area contributed by atoms with Crippen LogP contribution in [-0.2, 0) is 19.6 Å². The number of carbonyl (C=O) groups excluding carboxylic acids is 2. The zero-order valence-electron chi connectivity index (χ0n) is 16.7. The number of nitrogens with zero attached hydrogens (tertiary/aromatic N) is 1. The van der Waals surface area contributed by atoms with Crippen LogP contribution < -0.4 is 14.4 Å². The lowest BCUT2D eigenvalue weighted by Gasteiger charge is -2.30. The fourth-order valence-electron chi connectivity index (χ4n) is 2.88. The number of benzene rings is 2. The number of nitrogens with one attached hydrogen (secondary N) is 1. The summed E-state index contributed by atoms with van der Waals surface area (Å²) >= 11 is 0. The first-order valence-corrected chi connectivity index (χ1v) is 10.7. The third-order valence-corrected chi connectivity index (χ3v) is 5.37. The van der Waals surface area contributed by atoms with Crippen LogP contribution in [0, 0.1) is 0 Å². The summed E-state index contributed by atoms with van der Waals surface area (Å²) in [4.78, 5) is 24.6. The molecule has 9 heteroatoms. The quantitative estimate of drug-likeness (QED) is 0.659. The first kappa shape index (κ1) is 22.2. The van der Waals surface area contributed by atoms with Gasteiger partial charge >= 0.3 is 5.97 Å². The van der Waals surface area contributed by atoms with Crippen LogP contribution in [0.15, 0.2) is 48.5 Å². The van der Waals surface area contributed by atoms with Crippen LogP contribution in [0.25, 0.3) is 0 Å². The van der Waals surface area contributed by atoms with Crippen molar-refractivity contribution in [2.45, 2.75) is 19.4 Å². The monoisotopic (exact) mass is 420 g/mol. The summed E-state index contributed by atoms with van der Waals surface area (Å²) in [7, 11) is -1.04. The van der Waals surface area contributed by atoms with Crippen molar-refractivity contribution in [3.05, 3.63) is 54.1 Å². The summed E-state index contributed by atoms with van der Waals surface area (Å²) < 4.78 is 35.9. The van der Waals surface area contributed by atoms with Crippen LogP contribution in [0.1, 0.15) is 23.7 Å². The lowest BCUT2D eigenvalue weighted by atomic mass is 10.1. The van der Waals surface area contributed by atoms with Crippen molar-refractivity contribution in [3.63, 3.8) is 0 Å². The zero-order valence-corrected chi connectivity index (χ0v) is 17.5. The van der Waals surface area contributed by atoms with E-state index in [4.69, 9.17) is 4.74 Å². The third kappa shape index (κ3) is 5.47. The number of ether oxygens (including phenoxy) is 2. The maximum Gasteiger partial charge on any atom is 0.337 e. The molecule has 156 valence electrons. The van der Waals surface area contributed by atoms with E-state index < -0.39 is 27.9 Å². The summed E-state index contributed by atoms with van der Waals surface area (Å²) in [6.45, 7) is 1.72. The van der Waals surface area contributed by atoms with Gasteiger partial charge in [0.15, 0.2) is 0 Å². The lowest BCUT2D eigenvalue weighted by molar-refractivity contribution is -0.117. The van der Waals surface area contributed by atoms with Gasteiger partial charge in [-0.15, -0.1) is 0 Å². The maximum absolute atomic E-state index is 12.9. The second kappa shape index (κ2) is 9.42. The van der Waals surface area contributed by atoms with Gasteiger partial charge in [0.1, 0.15) is 11.8 Å². The van der Waals surface area contributed by atoms with E-state index in [1.54, 1.807) is 49.4 Å². The molecular formula is C20H24N2O6S. The van der Waals surface area contributed by atoms with Crippen molar-refractivity contribution >= 4 is 33.3 Å². The molecule has 0 aliphatic carbocycles. The Labute approximate surface area is 170 Å². The highest BCUT2D eigenvalue weighted by molar-refractivity contribution is 7.92. The number of sulfonamides is 1. The van der Waals surface area contributed by atoms with E-state index in [9.17, 15) is 18.0 Å². The van der Waals surface area contributed by atoms with Gasteiger partial charge in [-0.1, -0.05) is 19.1 Å². The average Bonchev–Trinajstić information content (AvgIpc) is 2.70. The molecule has 2 aromatic rings. The molecule has 0 bridgehead atoms. The van der Waals surface area contributed by atoms with E-state index >= 15 is 0 Å². The van der Waals surface area contributed by atoms with Crippen molar-refractivity contribution in [3.8, 4) is 5.75 Å². The van der Waals surface area contributed by atoms with Crippen molar-refractivity contribution in [1.82, 2.24) is 0 Å². The van der Waals surface area contributed by atoms with Crippen LogP contribution in [0.3, 0.4) is 0 Å².